The zero-order valence-electron chi connectivity index (χ0n) is 16.7. The van der Waals surface area contributed by atoms with Crippen molar-refractivity contribution in [3.05, 3.63) is 81.7 Å². The third kappa shape index (κ3) is 4.97. The minimum atomic E-state index is -0.311. The van der Waals surface area contributed by atoms with Gasteiger partial charge in [0.1, 0.15) is 12.4 Å². The third-order valence-corrected chi connectivity index (χ3v) is 6.05. The number of thiophene rings is 1. The summed E-state index contributed by atoms with van der Waals surface area (Å²) >= 11 is 1.64. The molecule has 0 bridgehead atoms. The molecule has 7 heteroatoms. The van der Waals surface area contributed by atoms with Gasteiger partial charge in [-0.2, -0.15) is 0 Å². The van der Waals surface area contributed by atoms with Gasteiger partial charge >= 0.3 is 0 Å². The maximum Gasteiger partial charge on any atom is 0.290 e. The highest BCUT2D eigenvalue weighted by atomic mass is 32.1. The molecule has 0 N–H and O–H groups in total. The van der Waals surface area contributed by atoms with Crippen molar-refractivity contribution < 1.29 is 18.4 Å². The van der Waals surface area contributed by atoms with Crippen molar-refractivity contribution in [2.75, 3.05) is 6.54 Å². The van der Waals surface area contributed by atoms with Gasteiger partial charge in [0.2, 0.25) is 5.91 Å². The van der Waals surface area contributed by atoms with Crippen molar-refractivity contribution in [2.45, 2.75) is 38.9 Å². The van der Waals surface area contributed by atoms with Crippen LogP contribution in [0.25, 0.3) is 0 Å². The highest BCUT2D eigenvalue weighted by Gasteiger charge is 2.36. The summed E-state index contributed by atoms with van der Waals surface area (Å²) in [7, 11) is 0. The molecule has 0 radical (unpaired) electrons. The normalized spacial score (nSPS) is 13.3. The number of benzene rings is 1. The van der Waals surface area contributed by atoms with Gasteiger partial charge in [0.15, 0.2) is 5.76 Å². The zero-order valence-corrected chi connectivity index (χ0v) is 17.5. The van der Waals surface area contributed by atoms with Gasteiger partial charge in [-0.25, -0.2) is 4.39 Å². The maximum absolute atomic E-state index is 13.3. The molecule has 0 saturated heterocycles. The lowest BCUT2D eigenvalue weighted by Gasteiger charge is -2.27. The van der Waals surface area contributed by atoms with Gasteiger partial charge in [-0.1, -0.05) is 12.1 Å². The third-order valence-electron chi connectivity index (χ3n) is 5.07. The fourth-order valence-electron chi connectivity index (χ4n) is 3.34. The number of carbonyl (C=O) groups excluding carboxylic acids is 2. The van der Waals surface area contributed by atoms with Crippen LogP contribution in [0.1, 0.15) is 38.7 Å². The summed E-state index contributed by atoms with van der Waals surface area (Å²) in [5, 5.41) is 0. The molecular formula is C23H23FN2O3S. The number of rotatable bonds is 8. The second-order valence-corrected chi connectivity index (χ2v) is 8.90. The van der Waals surface area contributed by atoms with Crippen molar-refractivity contribution in [3.8, 4) is 0 Å². The summed E-state index contributed by atoms with van der Waals surface area (Å²) in [5.74, 6) is -0.468. The number of furan rings is 1. The number of nitrogens with zero attached hydrogens (tertiary/aromatic N) is 2. The van der Waals surface area contributed by atoms with Gasteiger partial charge < -0.3 is 14.2 Å². The number of hydrogen-bond acceptors (Lipinski definition) is 4. The van der Waals surface area contributed by atoms with Gasteiger partial charge in [0.25, 0.3) is 5.91 Å². The fraction of sp³-hybridized carbons (Fsp3) is 0.304. The van der Waals surface area contributed by atoms with Crippen molar-refractivity contribution in [3.63, 3.8) is 0 Å². The first-order valence-corrected chi connectivity index (χ1v) is 10.7. The Morgan fingerprint density at radius 3 is 2.47 bits per heavy atom. The van der Waals surface area contributed by atoms with E-state index in [1.54, 1.807) is 45.4 Å². The van der Waals surface area contributed by atoms with E-state index in [0.29, 0.717) is 13.1 Å². The molecule has 2 amide bonds. The molecule has 1 saturated carbocycles. The molecule has 0 spiro atoms. The standard InChI is InChI=1S/C23H23FN2O3S/c1-16-4-11-20(30-16)14-25(13-17-5-7-18(24)8-6-17)22(27)15-26(19-9-10-19)23(28)21-3-2-12-29-21/h2-8,11-12,19H,9-10,13-15H2,1H3. The molecule has 1 aromatic carbocycles. The van der Waals surface area contributed by atoms with Crippen molar-refractivity contribution in [1.29, 1.82) is 0 Å². The van der Waals surface area contributed by atoms with E-state index in [1.165, 1.54) is 23.3 Å². The Morgan fingerprint density at radius 2 is 1.87 bits per heavy atom. The van der Waals surface area contributed by atoms with Crippen LogP contribution in [0.15, 0.2) is 59.2 Å². The van der Waals surface area contributed by atoms with Gasteiger partial charge in [-0.15, -0.1) is 11.3 Å². The van der Waals surface area contributed by atoms with E-state index < -0.39 is 0 Å². The van der Waals surface area contributed by atoms with Crippen molar-refractivity contribution in [1.82, 2.24) is 9.80 Å². The number of amides is 2. The van der Waals surface area contributed by atoms with Crippen LogP contribution in [-0.4, -0.2) is 34.2 Å². The topological polar surface area (TPSA) is 53.8 Å². The minimum absolute atomic E-state index is 0.00421. The number of carbonyl (C=O) groups is 2. The van der Waals surface area contributed by atoms with Crippen LogP contribution in [0, 0.1) is 12.7 Å². The predicted molar refractivity (Wildman–Crippen MR) is 112 cm³/mol. The lowest BCUT2D eigenvalue weighted by Crippen LogP contribution is -2.43. The molecule has 5 nitrogen and oxygen atoms in total. The first-order chi connectivity index (χ1) is 14.5. The van der Waals surface area contributed by atoms with E-state index in [-0.39, 0.29) is 36.0 Å². The molecule has 1 aliphatic rings. The SMILES string of the molecule is Cc1ccc(CN(Cc2ccc(F)cc2)C(=O)CN(C(=O)c2ccco2)C2CC2)s1. The van der Waals surface area contributed by atoms with Gasteiger partial charge in [-0.3, -0.25) is 9.59 Å². The fourth-order valence-corrected chi connectivity index (χ4v) is 4.25. The van der Waals surface area contributed by atoms with Crippen LogP contribution < -0.4 is 0 Å². The Kier molecular flexibility index (Phi) is 5.99. The summed E-state index contributed by atoms with van der Waals surface area (Å²) in [4.78, 5) is 31.7. The number of aryl methyl sites for hydroxylation is 1. The van der Waals surface area contributed by atoms with E-state index in [2.05, 4.69) is 0 Å². The Balaban J connectivity index is 1.52. The number of hydrogen-bond donors (Lipinski definition) is 0. The van der Waals surface area contributed by atoms with Crippen LogP contribution in [0.3, 0.4) is 0 Å². The van der Waals surface area contributed by atoms with E-state index in [9.17, 15) is 14.0 Å². The van der Waals surface area contributed by atoms with Crippen LogP contribution in [0.5, 0.6) is 0 Å². The molecule has 2 aromatic heterocycles. The molecule has 1 aliphatic carbocycles. The van der Waals surface area contributed by atoms with Crippen LogP contribution in [0.4, 0.5) is 4.39 Å². The lowest BCUT2D eigenvalue weighted by molar-refractivity contribution is -0.133. The van der Waals surface area contributed by atoms with Gasteiger partial charge in [0.05, 0.1) is 12.8 Å². The molecule has 0 atom stereocenters. The summed E-state index contributed by atoms with van der Waals surface area (Å²) < 4.78 is 18.5. The number of halogens is 1. The highest BCUT2D eigenvalue weighted by molar-refractivity contribution is 7.11. The molecule has 3 aromatic rings. The van der Waals surface area contributed by atoms with Gasteiger partial charge in [0, 0.05) is 22.3 Å². The Labute approximate surface area is 178 Å². The Morgan fingerprint density at radius 1 is 1.10 bits per heavy atom. The molecule has 0 unspecified atom stereocenters. The zero-order chi connectivity index (χ0) is 21.1. The molecule has 4 rings (SSSR count). The van der Waals surface area contributed by atoms with Crippen molar-refractivity contribution >= 4 is 23.2 Å². The average Bonchev–Trinajstić information content (AvgIpc) is 3.25. The van der Waals surface area contributed by atoms with E-state index >= 15 is 0 Å². The summed E-state index contributed by atoms with van der Waals surface area (Å²) in [6, 6.07) is 13.5. The molecular weight excluding hydrogens is 403 g/mol. The predicted octanol–water partition coefficient (Wildman–Crippen LogP) is 4.62. The first kappa shape index (κ1) is 20.3. The highest BCUT2D eigenvalue weighted by Crippen LogP contribution is 2.29. The quantitative estimate of drug-likeness (QED) is 0.528. The lowest BCUT2D eigenvalue weighted by atomic mass is 10.2. The monoisotopic (exact) mass is 426 g/mol. The van der Waals surface area contributed by atoms with E-state index in [1.807, 2.05) is 19.1 Å². The van der Waals surface area contributed by atoms with Crippen LogP contribution in [0.2, 0.25) is 0 Å². The van der Waals surface area contributed by atoms with E-state index in [4.69, 9.17) is 4.42 Å². The average molecular weight is 427 g/mol. The summed E-state index contributed by atoms with van der Waals surface area (Å²) in [6.07, 6.45) is 3.24. The largest absolute Gasteiger partial charge is 0.459 e. The van der Waals surface area contributed by atoms with Crippen molar-refractivity contribution in [2.24, 2.45) is 0 Å². The van der Waals surface area contributed by atoms with Crippen LogP contribution >= 0.6 is 11.3 Å². The summed E-state index contributed by atoms with van der Waals surface area (Å²) in [5.41, 5.74) is 0.841. The molecule has 0 aliphatic heterocycles. The Bertz CT molecular complexity index is 1010. The first-order valence-electron chi connectivity index (χ1n) is 9.91. The molecule has 156 valence electrons. The smallest absolute Gasteiger partial charge is 0.290 e. The maximum atomic E-state index is 13.3. The van der Waals surface area contributed by atoms with Crippen LogP contribution in [-0.2, 0) is 17.9 Å². The second kappa shape index (κ2) is 8.83. The second-order valence-electron chi connectivity index (χ2n) is 7.53. The minimum Gasteiger partial charge on any atom is -0.459 e. The van der Waals surface area contributed by atoms with E-state index in [0.717, 1.165) is 23.3 Å². The Hall–Kier alpha value is -2.93. The molecule has 1 fully saturated rings. The molecule has 30 heavy (non-hydrogen) atoms. The summed E-state index contributed by atoms with van der Waals surface area (Å²) in [6.45, 7) is 2.82. The molecule has 2 heterocycles. The van der Waals surface area contributed by atoms with Gasteiger partial charge in [-0.05, 0) is 61.7 Å².